The van der Waals surface area contributed by atoms with E-state index in [1.807, 2.05) is 0 Å². The molecule has 0 saturated heterocycles. The fourth-order valence-corrected chi connectivity index (χ4v) is 2.04. The number of fused-ring (bicyclic) bond motifs is 1. The van der Waals surface area contributed by atoms with Gasteiger partial charge in [0.2, 0.25) is 0 Å². The SMILES string of the molecule is CCN1Cc2ccccc2N(CC)C1. The van der Waals surface area contributed by atoms with Crippen LogP contribution in [0.5, 0.6) is 0 Å². The van der Waals surface area contributed by atoms with Gasteiger partial charge in [-0.1, -0.05) is 25.1 Å². The van der Waals surface area contributed by atoms with E-state index in [0.717, 1.165) is 26.3 Å². The van der Waals surface area contributed by atoms with Crippen LogP contribution in [-0.4, -0.2) is 24.7 Å². The summed E-state index contributed by atoms with van der Waals surface area (Å²) in [5.74, 6) is 0. The van der Waals surface area contributed by atoms with E-state index in [1.165, 1.54) is 11.3 Å². The molecule has 1 aromatic carbocycles. The second-order valence-electron chi connectivity index (χ2n) is 3.77. The Bertz CT molecular complexity index is 309. The molecule has 0 fully saturated rings. The van der Waals surface area contributed by atoms with Crippen LogP contribution in [0.15, 0.2) is 24.3 Å². The molecule has 76 valence electrons. The minimum Gasteiger partial charge on any atom is -0.359 e. The predicted molar refractivity (Wildman–Crippen MR) is 60.4 cm³/mol. The van der Waals surface area contributed by atoms with E-state index < -0.39 is 0 Å². The van der Waals surface area contributed by atoms with E-state index in [2.05, 4.69) is 47.9 Å². The summed E-state index contributed by atoms with van der Waals surface area (Å²) in [6.45, 7) is 8.84. The highest BCUT2D eigenvalue weighted by Gasteiger charge is 2.19. The van der Waals surface area contributed by atoms with Crippen molar-refractivity contribution < 1.29 is 0 Å². The molecule has 0 radical (unpaired) electrons. The molecule has 1 aliphatic rings. The van der Waals surface area contributed by atoms with Crippen LogP contribution in [0.4, 0.5) is 5.69 Å². The fourth-order valence-electron chi connectivity index (χ4n) is 2.04. The first-order chi connectivity index (χ1) is 6.85. The third-order valence-electron chi connectivity index (χ3n) is 2.93. The molecule has 0 bridgehead atoms. The van der Waals surface area contributed by atoms with E-state index in [9.17, 15) is 0 Å². The number of nitrogens with zero attached hydrogens (tertiary/aromatic N) is 2. The molecule has 1 aliphatic heterocycles. The van der Waals surface area contributed by atoms with Gasteiger partial charge in [0.15, 0.2) is 0 Å². The molecule has 14 heavy (non-hydrogen) atoms. The van der Waals surface area contributed by atoms with Crippen molar-refractivity contribution in [2.75, 3.05) is 24.7 Å². The molecule has 0 unspecified atom stereocenters. The Labute approximate surface area is 86.1 Å². The molecule has 0 spiro atoms. The maximum atomic E-state index is 2.46. The quantitative estimate of drug-likeness (QED) is 0.706. The number of hydrogen-bond acceptors (Lipinski definition) is 2. The number of anilines is 1. The van der Waals surface area contributed by atoms with Crippen molar-refractivity contribution in [2.45, 2.75) is 20.4 Å². The Morgan fingerprint density at radius 3 is 2.64 bits per heavy atom. The zero-order chi connectivity index (χ0) is 9.97. The van der Waals surface area contributed by atoms with Crippen molar-refractivity contribution in [2.24, 2.45) is 0 Å². The summed E-state index contributed by atoms with van der Waals surface area (Å²) in [4.78, 5) is 4.90. The second-order valence-corrected chi connectivity index (χ2v) is 3.77. The van der Waals surface area contributed by atoms with Gasteiger partial charge in [0.25, 0.3) is 0 Å². The van der Waals surface area contributed by atoms with Gasteiger partial charge < -0.3 is 4.90 Å². The third-order valence-corrected chi connectivity index (χ3v) is 2.93. The number of para-hydroxylation sites is 1. The van der Waals surface area contributed by atoms with E-state index >= 15 is 0 Å². The normalized spacial score (nSPS) is 16.9. The smallest absolute Gasteiger partial charge is 0.0709 e. The Kier molecular flexibility index (Phi) is 2.73. The van der Waals surface area contributed by atoms with Crippen LogP contribution in [0, 0.1) is 0 Å². The predicted octanol–water partition coefficient (Wildman–Crippen LogP) is 2.31. The summed E-state index contributed by atoms with van der Waals surface area (Å²) in [6, 6.07) is 8.72. The Balaban J connectivity index is 2.31. The van der Waals surface area contributed by atoms with Crippen molar-refractivity contribution >= 4 is 5.69 Å². The molecule has 0 N–H and O–H groups in total. The van der Waals surface area contributed by atoms with E-state index in [0.29, 0.717) is 0 Å². The molecule has 1 aromatic rings. The Morgan fingerprint density at radius 1 is 1.14 bits per heavy atom. The lowest BCUT2D eigenvalue weighted by Crippen LogP contribution is -2.41. The van der Waals surface area contributed by atoms with Crippen LogP contribution in [0.3, 0.4) is 0 Å². The molecule has 0 saturated carbocycles. The minimum absolute atomic E-state index is 1.07. The van der Waals surface area contributed by atoms with Gasteiger partial charge in [-0.05, 0) is 25.1 Å². The fraction of sp³-hybridized carbons (Fsp3) is 0.500. The van der Waals surface area contributed by atoms with E-state index in [1.54, 1.807) is 0 Å². The van der Waals surface area contributed by atoms with Crippen molar-refractivity contribution in [1.82, 2.24) is 4.90 Å². The molecular formula is C12H18N2. The highest BCUT2D eigenvalue weighted by atomic mass is 15.3. The summed E-state index contributed by atoms with van der Waals surface area (Å²) < 4.78 is 0. The summed E-state index contributed by atoms with van der Waals surface area (Å²) in [5, 5.41) is 0. The average Bonchev–Trinajstić information content (AvgIpc) is 2.27. The van der Waals surface area contributed by atoms with Crippen LogP contribution in [0.2, 0.25) is 0 Å². The van der Waals surface area contributed by atoms with Gasteiger partial charge in [-0.15, -0.1) is 0 Å². The highest BCUT2D eigenvalue weighted by molar-refractivity contribution is 5.54. The number of rotatable bonds is 2. The van der Waals surface area contributed by atoms with Gasteiger partial charge in [-0.3, -0.25) is 4.90 Å². The van der Waals surface area contributed by atoms with Crippen LogP contribution < -0.4 is 4.90 Å². The maximum absolute atomic E-state index is 2.46. The molecule has 2 rings (SSSR count). The maximum Gasteiger partial charge on any atom is 0.0709 e. The largest absolute Gasteiger partial charge is 0.359 e. The van der Waals surface area contributed by atoms with Gasteiger partial charge in [0.1, 0.15) is 0 Å². The number of benzene rings is 1. The summed E-state index contributed by atoms with van der Waals surface area (Å²) >= 11 is 0. The molecule has 2 nitrogen and oxygen atoms in total. The van der Waals surface area contributed by atoms with Crippen molar-refractivity contribution in [3.8, 4) is 0 Å². The Morgan fingerprint density at radius 2 is 1.93 bits per heavy atom. The van der Waals surface area contributed by atoms with Gasteiger partial charge in [-0.2, -0.15) is 0 Å². The van der Waals surface area contributed by atoms with Gasteiger partial charge in [0.05, 0.1) is 6.67 Å². The summed E-state index contributed by atoms with van der Waals surface area (Å²) in [5.41, 5.74) is 2.88. The lowest BCUT2D eigenvalue weighted by molar-refractivity contribution is 0.266. The molecule has 2 heteroatoms. The van der Waals surface area contributed by atoms with Crippen LogP contribution in [0.25, 0.3) is 0 Å². The summed E-state index contributed by atoms with van der Waals surface area (Å²) in [7, 11) is 0. The summed E-state index contributed by atoms with van der Waals surface area (Å²) in [6.07, 6.45) is 0. The standard InChI is InChI=1S/C12H18N2/c1-3-13-9-11-7-5-6-8-12(11)14(4-2)10-13/h5-8H,3-4,9-10H2,1-2H3. The molecule has 0 aromatic heterocycles. The first-order valence-electron chi connectivity index (χ1n) is 5.40. The van der Waals surface area contributed by atoms with Crippen LogP contribution in [0.1, 0.15) is 19.4 Å². The number of hydrogen-bond donors (Lipinski definition) is 0. The lowest BCUT2D eigenvalue weighted by atomic mass is 10.1. The zero-order valence-electron chi connectivity index (χ0n) is 9.03. The van der Waals surface area contributed by atoms with Crippen molar-refractivity contribution in [1.29, 1.82) is 0 Å². The van der Waals surface area contributed by atoms with Gasteiger partial charge in [-0.25, -0.2) is 0 Å². The minimum atomic E-state index is 1.07. The zero-order valence-corrected chi connectivity index (χ0v) is 9.03. The second kappa shape index (κ2) is 4.01. The lowest BCUT2D eigenvalue weighted by Gasteiger charge is -2.37. The van der Waals surface area contributed by atoms with Crippen molar-refractivity contribution in [3.05, 3.63) is 29.8 Å². The topological polar surface area (TPSA) is 6.48 Å². The Hall–Kier alpha value is -1.02. The van der Waals surface area contributed by atoms with Crippen LogP contribution >= 0.6 is 0 Å². The van der Waals surface area contributed by atoms with Crippen LogP contribution in [-0.2, 0) is 6.54 Å². The van der Waals surface area contributed by atoms with Crippen molar-refractivity contribution in [3.63, 3.8) is 0 Å². The highest BCUT2D eigenvalue weighted by Crippen LogP contribution is 2.26. The van der Waals surface area contributed by atoms with E-state index in [-0.39, 0.29) is 0 Å². The molecule has 0 aliphatic carbocycles. The first kappa shape index (κ1) is 9.53. The molecule has 1 heterocycles. The van der Waals surface area contributed by atoms with E-state index in [4.69, 9.17) is 0 Å². The first-order valence-corrected chi connectivity index (χ1v) is 5.40. The van der Waals surface area contributed by atoms with Gasteiger partial charge >= 0.3 is 0 Å². The molecule has 0 amide bonds. The average molecular weight is 190 g/mol. The molecular weight excluding hydrogens is 172 g/mol. The third kappa shape index (κ3) is 1.62. The molecule has 0 atom stereocenters. The van der Waals surface area contributed by atoms with Gasteiger partial charge in [0, 0.05) is 18.8 Å². The monoisotopic (exact) mass is 190 g/mol.